The Hall–Kier alpha value is -9.18. The van der Waals surface area contributed by atoms with Gasteiger partial charge in [-0.15, -0.1) is 0 Å². The number of para-hydroxylation sites is 4. The number of aromatic nitrogens is 1. The Morgan fingerprint density at radius 3 is 1.32 bits per heavy atom. The standard InChI is InChI=1S/C66H44N2O/c1-4-14-45(15-5-1)47-28-34-57(35-29-47)67(55-16-6-2-7-17-55)58-36-30-48(31-37-58)46-24-26-49(27-25-46)52-40-53(42-54(41-52)51-32-38-61-60-21-11-13-23-65(60)69-66(61)44-51)50-33-39-64-62(43-50)59-20-10-12-22-63(59)68(64)56-18-8-3-9-19-56/h1-44H. The van der Waals surface area contributed by atoms with E-state index in [0.717, 1.165) is 83.6 Å². The minimum atomic E-state index is 0.888. The van der Waals surface area contributed by atoms with E-state index < -0.39 is 0 Å². The van der Waals surface area contributed by atoms with Crippen LogP contribution in [0.5, 0.6) is 0 Å². The van der Waals surface area contributed by atoms with Crippen LogP contribution < -0.4 is 4.90 Å². The number of anilines is 3. The first kappa shape index (κ1) is 40.1. The Balaban J connectivity index is 0.873. The van der Waals surface area contributed by atoms with E-state index in [1.54, 1.807) is 0 Å². The third kappa shape index (κ3) is 7.34. The molecule has 0 unspecified atom stereocenters. The van der Waals surface area contributed by atoms with Gasteiger partial charge in [0.25, 0.3) is 0 Å². The van der Waals surface area contributed by atoms with E-state index in [9.17, 15) is 0 Å². The molecule has 0 atom stereocenters. The number of hydrogen-bond donors (Lipinski definition) is 0. The highest BCUT2D eigenvalue weighted by Gasteiger charge is 2.17. The Kier molecular flexibility index (Phi) is 9.84. The summed E-state index contributed by atoms with van der Waals surface area (Å²) in [5.41, 5.74) is 20.2. The monoisotopic (exact) mass is 880 g/mol. The van der Waals surface area contributed by atoms with Gasteiger partial charge in [-0.1, -0.05) is 164 Å². The molecule has 0 saturated heterocycles. The van der Waals surface area contributed by atoms with Gasteiger partial charge in [-0.3, -0.25) is 0 Å². The summed E-state index contributed by atoms with van der Waals surface area (Å²) in [6.45, 7) is 0. The largest absolute Gasteiger partial charge is 0.456 e. The van der Waals surface area contributed by atoms with Gasteiger partial charge in [0.15, 0.2) is 0 Å². The Morgan fingerprint density at radius 2 is 0.667 bits per heavy atom. The van der Waals surface area contributed by atoms with Crippen LogP contribution in [-0.2, 0) is 0 Å². The number of hydrogen-bond acceptors (Lipinski definition) is 2. The zero-order valence-electron chi connectivity index (χ0n) is 37.7. The third-order valence-electron chi connectivity index (χ3n) is 13.6. The van der Waals surface area contributed by atoms with Gasteiger partial charge in [-0.2, -0.15) is 0 Å². The first-order chi connectivity index (χ1) is 34.2. The predicted octanol–water partition coefficient (Wildman–Crippen LogP) is 18.5. The molecular formula is C66H44N2O. The molecule has 2 heterocycles. The average molecular weight is 881 g/mol. The Morgan fingerprint density at radius 1 is 0.246 bits per heavy atom. The van der Waals surface area contributed by atoms with Crippen molar-refractivity contribution < 1.29 is 4.42 Å². The maximum atomic E-state index is 6.41. The van der Waals surface area contributed by atoms with Crippen molar-refractivity contribution in [2.75, 3.05) is 4.90 Å². The van der Waals surface area contributed by atoms with Gasteiger partial charge in [0.1, 0.15) is 11.2 Å². The van der Waals surface area contributed by atoms with Gasteiger partial charge in [0, 0.05) is 44.3 Å². The number of benzene rings is 11. The average Bonchev–Trinajstić information content (AvgIpc) is 3.97. The SMILES string of the molecule is c1ccc(-c2ccc(N(c3ccccc3)c3ccc(-c4ccc(-c5cc(-c6ccc7c(c6)oc6ccccc67)cc(-c6ccc7c(c6)c6ccccc6n7-c6ccccc6)c5)cc4)cc3)cc2)cc1. The van der Waals surface area contributed by atoms with Crippen molar-refractivity contribution in [2.24, 2.45) is 0 Å². The van der Waals surface area contributed by atoms with Crippen LogP contribution in [0.1, 0.15) is 0 Å². The Labute approximate surface area is 401 Å². The topological polar surface area (TPSA) is 21.3 Å². The number of furan rings is 1. The maximum absolute atomic E-state index is 6.41. The van der Waals surface area contributed by atoms with E-state index in [1.807, 2.05) is 12.1 Å². The van der Waals surface area contributed by atoms with Crippen molar-refractivity contribution in [1.82, 2.24) is 4.57 Å². The van der Waals surface area contributed by atoms with E-state index in [2.05, 4.69) is 264 Å². The molecule has 3 heteroatoms. The normalized spacial score (nSPS) is 11.5. The summed E-state index contributed by atoms with van der Waals surface area (Å²) in [4.78, 5) is 2.32. The molecule has 0 fully saturated rings. The molecule has 0 aliphatic rings. The van der Waals surface area contributed by atoms with Crippen LogP contribution in [0.15, 0.2) is 271 Å². The van der Waals surface area contributed by atoms with Gasteiger partial charge in [-0.05, 0) is 159 Å². The molecule has 13 rings (SSSR count). The second kappa shape index (κ2) is 16.9. The van der Waals surface area contributed by atoms with E-state index in [1.165, 1.54) is 38.5 Å². The summed E-state index contributed by atoms with van der Waals surface area (Å²) < 4.78 is 8.78. The fraction of sp³-hybridized carbons (Fsp3) is 0. The molecular weight excluding hydrogens is 837 g/mol. The van der Waals surface area contributed by atoms with Gasteiger partial charge < -0.3 is 13.9 Å². The quantitative estimate of drug-likeness (QED) is 0.144. The summed E-state index contributed by atoms with van der Waals surface area (Å²) in [5, 5.41) is 4.72. The first-order valence-corrected chi connectivity index (χ1v) is 23.6. The van der Waals surface area contributed by atoms with Crippen molar-refractivity contribution in [3.63, 3.8) is 0 Å². The molecule has 13 aromatic rings. The lowest BCUT2D eigenvalue weighted by molar-refractivity contribution is 0.669. The molecule has 3 nitrogen and oxygen atoms in total. The van der Waals surface area contributed by atoms with Crippen molar-refractivity contribution in [3.05, 3.63) is 267 Å². The van der Waals surface area contributed by atoms with Gasteiger partial charge in [0.05, 0.1) is 11.0 Å². The summed E-state index contributed by atoms with van der Waals surface area (Å²) in [5.74, 6) is 0. The van der Waals surface area contributed by atoms with Crippen LogP contribution in [0, 0.1) is 0 Å². The smallest absolute Gasteiger partial charge is 0.136 e. The third-order valence-corrected chi connectivity index (χ3v) is 13.6. The van der Waals surface area contributed by atoms with Crippen molar-refractivity contribution in [2.45, 2.75) is 0 Å². The molecule has 0 N–H and O–H groups in total. The summed E-state index contributed by atoms with van der Waals surface area (Å²) in [6, 6.07) is 96.1. The maximum Gasteiger partial charge on any atom is 0.136 e. The number of nitrogens with zero attached hydrogens (tertiary/aromatic N) is 2. The van der Waals surface area contributed by atoms with Crippen LogP contribution in [0.2, 0.25) is 0 Å². The fourth-order valence-electron chi connectivity index (χ4n) is 10.2. The Bertz CT molecular complexity index is 3960. The molecule has 0 bridgehead atoms. The molecule has 69 heavy (non-hydrogen) atoms. The highest BCUT2D eigenvalue weighted by atomic mass is 16.3. The molecule has 0 amide bonds. The molecule has 0 aliphatic carbocycles. The molecule has 11 aromatic carbocycles. The molecule has 0 spiro atoms. The predicted molar refractivity (Wildman–Crippen MR) is 290 cm³/mol. The lowest BCUT2D eigenvalue weighted by Gasteiger charge is -2.26. The lowest BCUT2D eigenvalue weighted by Crippen LogP contribution is -2.09. The zero-order chi connectivity index (χ0) is 45.7. The summed E-state index contributed by atoms with van der Waals surface area (Å²) in [6.07, 6.45) is 0. The van der Waals surface area contributed by atoms with Crippen molar-refractivity contribution in [3.8, 4) is 61.3 Å². The van der Waals surface area contributed by atoms with Crippen LogP contribution in [0.4, 0.5) is 17.1 Å². The fourth-order valence-corrected chi connectivity index (χ4v) is 10.2. The van der Waals surface area contributed by atoms with Crippen LogP contribution in [0.25, 0.3) is 105 Å². The van der Waals surface area contributed by atoms with E-state index in [0.29, 0.717) is 0 Å². The minimum absolute atomic E-state index is 0.888. The highest BCUT2D eigenvalue weighted by molar-refractivity contribution is 6.11. The van der Waals surface area contributed by atoms with Crippen LogP contribution in [0.3, 0.4) is 0 Å². The lowest BCUT2D eigenvalue weighted by atomic mass is 9.92. The molecule has 324 valence electrons. The minimum Gasteiger partial charge on any atom is -0.456 e. The second-order valence-corrected chi connectivity index (χ2v) is 17.7. The molecule has 0 saturated carbocycles. The van der Waals surface area contributed by atoms with Crippen molar-refractivity contribution >= 4 is 60.8 Å². The van der Waals surface area contributed by atoms with Crippen LogP contribution in [-0.4, -0.2) is 4.57 Å². The summed E-state index contributed by atoms with van der Waals surface area (Å²) in [7, 11) is 0. The van der Waals surface area contributed by atoms with E-state index in [4.69, 9.17) is 4.42 Å². The zero-order valence-corrected chi connectivity index (χ0v) is 37.7. The van der Waals surface area contributed by atoms with E-state index >= 15 is 0 Å². The number of fused-ring (bicyclic) bond motifs is 6. The first-order valence-electron chi connectivity index (χ1n) is 23.6. The summed E-state index contributed by atoms with van der Waals surface area (Å²) >= 11 is 0. The number of rotatable bonds is 9. The highest BCUT2D eigenvalue weighted by Crippen LogP contribution is 2.41. The molecule has 0 aliphatic heterocycles. The van der Waals surface area contributed by atoms with Gasteiger partial charge in [-0.25, -0.2) is 0 Å². The second-order valence-electron chi connectivity index (χ2n) is 17.7. The van der Waals surface area contributed by atoms with Gasteiger partial charge in [0.2, 0.25) is 0 Å². The molecule has 2 aromatic heterocycles. The van der Waals surface area contributed by atoms with Crippen LogP contribution >= 0.6 is 0 Å². The van der Waals surface area contributed by atoms with E-state index in [-0.39, 0.29) is 0 Å². The van der Waals surface area contributed by atoms with Crippen molar-refractivity contribution in [1.29, 1.82) is 0 Å². The molecule has 0 radical (unpaired) electrons. The van der Waals surface area contributed by atoms with Gasteiger partial charge >= 0.3 is 0 Å².